The van der Waals surface area contributed by atoms with E-state index in [-0.39, 0.29) is 23.9 Å². The van der Waals surface area contributed by atoms with Crippen LogP contribution in [0.4, 0.5) is 4.39 Å². The highest BCUT2D eigenvalue weighted by Gasteiger charge is 2.28. The van der Waals surface area contributed by atoms with Crippen molar-refractivity contribution in [3.8, 4) is 5.69 Å². The molecule has 0 saturated heterocycles. The quantitative estimate of drug-likeness (QED) is 0.339. The van der Waals surface area contributed by atoms with Gasteiger partial charge >= 0.3 is 0 Å². The summed E-state index contributed by atoms with van der Waals surface area (Å²) < 4.78 is 16.3. The van der Waals surface area contributed by atoms with Crippen LogP contribution in [0.15, 0.2) is 73.2 Å². The van der Waals surface area contributed by atoms with Gasteiger partial charge in [-0.15, -0.1) is 0 Å². The lowest BCUT2D eigenvalue weighted by molar-refractivity contribution is 0.0754. The van der Waals surface area contributed by atoms with Gasteiger partial charge in [-0.2, -0.15) is 0 Å². The van der Waals surface area contributed by atoms with Gasteiger partial charge in [0.15, 0.2) is 0 Å². The van der Waals surface area contributed by atoms with E-state index < -0.39 is 5.82 Å². The largest absolute Gasteiger partial charge is 0.349 e. The Balaban J connectivity index is 1.42. The summed E-state index contributed by atoms with van der Waals surface area (Å²) in [7, 11) is 1.73. The molecule has 1 aliphatic rings. The number of rotatable bonds is 6. The molecule has 4 aromatic rings. The highest BCUT2D eigenvalue weighted by atomic mass is 19.1. The highest BCUT2D eigenvalue weighted by Crippen LogP contribution is 2.39. The molecular formula is C31H33FN4O2. The first-order valence-electron chi connectivity index (χ1n) is 13.2. The Hall–Kier alpha value is -4.00. The van der Waals surface area contributed by atoms with E-state index in [1.165, 1.54) is 17.7 Å². The van der Waals surface area contributed by atoms with Gasteiger partial charge < -0.3 is 14.8 Å². The minimum Gasteiger partial charge on any atom is -0.349 e. The van der Waals surface area contributed by atoms with Gasteiger partial charge in [0, 0.05) is 42.5 Å². The van der Waals surface area contributed by atoms with Gasteiger partial charge in [-0.1, -0.05) is 18.2 Å². The summed E-state index contributed by atoms with van der Waals surface area (Å²) in [6.07, 6.45) is 9.32. The molecule has 2 heterocycles. The van der Waals surface area contributed by atoms with Crippen LogP contribution in [-0.2, 0) is 0 Å². The first-order chi connectivity index (χ1) is 18.3. The van der Waals surface area contributed by atoms with Crippen molar-refractivity contribution in [2.75, 3.05) is 7.05 Å². The summed E-state index contributed by atoms with van der Waals surface area (Å²) >= 11 is 0. The normalized spacial score (nSPS) is 17.5. The van der Waals surface area contributed by atoms with Crippen LogP contribution in [0, 0.1) is 5.82 Å². The zero-order valence-corrected chi connectivity index (χ0v) is 22.0. The lowest BCUT2D eigenvalue weighted by Crippen LogP contribution is -2.37. The van der Waals surface area contributed by atoms with Crippen molar-refractivity contribution >= 4 is 22.7 Å². The van der Waals surface area contributed by atoms with E-state index in [9.17, 15) is 14.0 Å². The number of carbonyl (C=O) groups excluding carboxylic acids is 2. The van der Waals surface area contributed by atoms with Gasteiger partial charge in [0.25, 0.3) is 11.8 Å². The number of benzene rings is 2. The number of aromatic nitrogens is 2. The van der Waals surface area contributed by atoms with Crippen LogP contribution < -0.4 is 5.32 Å². The third-order valence-electron chi connectivity index (χ3n) is 7.72. The van der Waals surface area contributed by atoms with Gasteiger partial charge in [-0.25, -0.2) is 4.39 Å². The molecule has 2 amide bonds. The second kappa shape index (κ2) is 10.8. The number of hydrogen-bond donors (Lipinski definition) is 1. The fourth-order valence-corrected chi connectivity index (χ4v) is 5.35. The minimum atomic E-state index is -0.445. The van der Waals surface area contributed by atoms with E-state index in [4.69, 9.17) is 0 Å². The Kier molecular flexibility index (Phi) is 7.27. The summed E-state index contributed by atoms with van der Waals surface area (Å²) in [6, 6.07) is 15.8. The number of nitrogens with one attached hydrogen (secondary N) is 1. The molecule has 1 N–H and O–H groups in total. The maximum Gasteiger partial charge on any atom is 0.256 e. The molecule has 0 radical (unpaired) electrons. The van der Waals surface area contributed by atoms with Crippen LogP contribution in [0.3, 0.4) is 0 Å². The first kappa shape index (κ1) is 25.6. The number of amides is 2. The van der Waals surface area contributed by atoms with Crippen LogP contribution >= 0.6 is 0 Å². The van der Waals surface area contributed by atoms with Crippen molar-refractivity contribution in [1.29, 1.82) is 0 Å². The number of pyridine rings is 1. The number of carbonyl (C=O) groups is 2. The summed E-state index contributed by atoms with van der Waals surface area (Å²) in [6.45, 7) is 3.87. The second-order valence-corrected chi connectivity index (χ2v) is 10.4. The summed E-state index contributed by atoms with van der Waals surface area (Å²) in [5, 5.41) is 4.27. The Morgan fingerprint density at radius 1 is 1.05 bits per heavy atom. The molecule has 2 aromatic carbocycles. The van der Waals surface area contributed by atoms with E-state index in [1.807, 2.05) is 54.8 Å². The summed E-state index contributed by atoms with van der Waals surface area (Å²) in [5.41, 5.74) is 3.71. The van der Waals surface area contributed by atoms with Crippen molar-refractivity contribution in [1.82, 2.24) is 19.8 Å². The fraction of sp³-hybridized carbons (Fsp3) is 0.323. The highest BCUT2D eigenvalue weighted by molar-refractivity contribution is 5.99. The number of nitrogens with zero attached hydrogens (tertiary/aromatic N) is 3. The molecule has 2 aromatic heterocycles. The van der Waals surface area contributed by atoms with Crippen LogP contribution in [-0.4, -0.2) is 45.4 Å². The Labute approximate surface area is 222 Å². The predicted molar refractivity (Wildman–Crippen MR) is 147 cm³/mol. The van der Waals surface area contributed by atoms with Crippen molar-refractivity contribution < 1.29 is 14.0 Å². The molecule has 0 atom stereocenters. The molecule has 0 bridgehead atoms. The van der Waals surface area contributed by atoms with Crippen molar-refractivity contribution in [3.05, 3.63) is 95.7 Å². The number of fused-ring (bicyclic) bond motifs is 1. The average Bonchev–Trinajstić information content (AvgIpc) is 3.32. The van der Waals surface area contributed by atoms with Crippen molar-refractivity contribution in [2.24, 2.45) is 0 Å². The molecule has 5 rings (SSSR count). The monoisotopic (exact) mass is 512 g/mol. The van der Waals surface area contributed by atoms with Gasteiger partial charge in [0.1, 0.15) is 5.82 Å². The Morgan fingerprint density at radius 3 is 2.50 bits per heavy atom. The number of halogens is 1. The zero-order valence-electron chi connectivity index (χ0n) is 22.0. The maximum absolute atomic E-state index is 14.3. The van der Waals surface area contributed by atoms with Gasteiger partial charge in [0.2, 0.25) is 0 Å². The Morgan fingerprint density at radius 2 is 1.79 bits per heavy atom. The van der Waals surface area contributed by atoms with Crippen LogP contribution in [0.2, 0.25) is 0 Å². The minimum absolute atomic E-state index is 0.0187. The predicted octanol–water partition coefficient (Wildman–Crippen LogP) is 6.10. The van der Waals surface area contributed by atoms with Crippen molar-refractivity contribution in [3.63, 3.8) is 0 Å². The molecular weight excluding hydrogens is 479 g/mol. The van der Waals surface area contributed by atoms with E-state index in [2.05, 4.69) is 16.5 Å². The third-order valence-corrected chi connectivity index (χ3v) is 7.72. The van der Waals surface area contributed by atoms with Crippen molar-refractivity contribution in [2.45, 2.75) is 57.5 Å². The second-order valence-electron chi connectivity index (χ2n) is 10.4. The van der Waals surface area contributed by atoms with Crippen LogP contribution in [0.1, 0.15) is 71.7 Å². The topological polar surface area (TPSA) is 67.2 Å². The SMILES string of the molecule is CC(C)N(C)C(=O)c1cc(F)ccc1-n1cc([C@H]2CC[C@H](NC(=O)c3ccccc3)CC2)c2ccncc21. The first-order valence-corrected chi connectivity index (χ1v) is 13.2. The molecule has 196 valence electrons. The van der Waals surface area contributed by atoms with Crippen LogP contribution in [0.25, 0.3) is 16.6 Å². The average molecular weight is 513 g/mol. The standard InChI is InChI=1S/C31H33FN4O2/c1-20(2)35(3)31(38)26-17-23(32)11-14-28(26)36-19-27(25-15-16-33-18-29(25)36)21-9-12-24(13-10-21)34-30(37)22-7-5-4-6-8-22/h4-8,11,14-21,24H,9-10,12-13H2,1-3H3,(H,34,37)/t21-,24-. The van der Waals surface area contributed by atoms with E-state index in [0.29, 0.717) is 22.7 Å². The molecule has 38 heavy (non-hydrogen) atoms. The van der Waals surface area contributed by atoms with Gasteiger partial charge in [0.05, 0.1) is 23.0 Å². The smallest absolute Gasteiger partial charge is 0.256 e. The molecule has 1 fully saturated rings. The van der Waals surface area contributed by atoms with E-state index in [0.717, 1.165) is 36.6 Å². The molecule has 0 unspecified atom stereocenters. The van der Waals surface area contributed by atoms with E-state index in [1.54, 1.807) is 30.4 Å². The lowest BCUT2D eigenvalue weighted by atomic mass is 9.81. The summed E-state index contributed by atoms with van der Waals surface area (Å²) in [4.78, 5) is 31.9. The van der Waals surface area contributed by atoms with E-state index >= 15 is 0 Å². The molecule has 1 aliphatic carbocycles. The van der Waals surface area contributed by atoms with Gasteiger partial charge in [-0.05, 0) is 87.4 Å². The Bertz CT molecular complexity index is 1460. The maximum atomic E-state index is 14.3. The zero-order chi connectivity index (χ0) is 26.8. The molecule has 0 spiro atoms. The molecule has 6 nitrogen and oxygen atoms in total. The molecule has 0 aliphatic heterocycles. The number of hydrogen-bond acceptors (Lipinski definition) is 3. The van der Waals surface area contributed by atoms with Gasteiger partial charge in [-0.3, -0.25) is 14.6 Å². The lowest BCUT2D eigenvalue weighted by Gasteiger charge is -2.29. The molecule has 7 heteroatoms. The molecule has 1 saturated carbocycles. The van der Waals surface area contributed by atoms with Crippen LogP contribution in [0.5, 0.6) is 0 Å². The fourth-order valence-electron chi connectivity index (χ4n) is 5.35. The summed E-state index contributed by atoms with van der Waals surface area (Å²) in [5.74, 6) is -0.392. The third kappa shape index (κ3) is 5.05.